The SMILES string of the molecule is CC(C)=CCC[C@]1(C)C[C@H]1[C@@H](C)O. The average Bonchev–Trinajstić information content (AvgIpc) is 2.62. The molecule has 0 aromatic rings. The highest BCUT2D eigenvalue weighted by Gasteiger charge is 2.51. The van der Waals surface area contributed by atoms with E-state index in [9.17, 15) is 5.11 Å². The normalized spacial score (nSPS) is 34.1. The first-order valence-corrected chi connectivity index (χ1v) is 5.27. The van der Waals surface area contributed by atoms with Crippen LogP contribution in [-0.4, -0.2) is 11.2 Å². The Labute approximate surface area is 81.9 Å². The molecule has 13 heavy (non-hydrogen) atoms. The summed E-state index contributed by atoms with van der Waals surface area (Å²) in [5, 5.41) is 9.42. The van der Waals surface area contributed by atoms with E-state index in [-0.39, 0.29) is 6.10 Å². The van der Waals surface area contributed by atoms with Crippen LogP contribution in [0.4, 0.5) is 0 Å². The van der Waals surface area contributed by atoms with Crippen molar-refractivity contribution in [2.75, 3.05) is 0 Å². The summed E-state index contributed by atoms with van der Waals surface area (Å²) >= 11 is 0. The molecule has 0 aromatic heterocycles. The van der Waals surface area contributed by atoms with Crippen LogP contribution in [0.15, 0.2) is 11.6 Å². The minimum atomic E-state index is -0.114. The van der Waals surface area contributed by atoms with Gasteiger partial charge in [0.05, 0.1) is 6.10 Å². The molecule has 1 nitrogen and oxygen atoms in total. The topological polar surface area (TPSA) is 20.2 Å². The van der Waals surface area contributed by atoms with Crippen molar-refractivity contribution in [3.05, 3.63) is 11.6 Å². The smallest absolute Gasteiger partial charge is 0.0545 e. The molecule has 1 saturated carbocycles. The number of hydrogen-bond acceptors (Lipinski definition) is 1. The summed E-state index contributed by atoms with van der Waals surface area (Å²) in [6.07, 6.45) is 5.79. The average molecular weight is 182 g/mol. The zero-order chi connectivity index (χ0) is 10.1. The first-order chi connectivity index (χ1) is 5.96. The molecule has 3 atom stereocenters. The Bertz CT molecular complexity index is 201. The summed E-state index contributed by atoms with van der Waals surface area (Å²) in [5.74, 6) is 0.554. The third-order valence-electron chi connectivity index (χ3n) is 3.27. The molecular weight excluding hydrogens is 160 g/mol. The molecule has 0 radical (unpaired) electrons. The van der Waals surface area contributed by atoms with Crippen LogP contribution in [0.1, 0.15) is 47.0 Å². The van der Waals surface area contributed by atoms with E-state index in [1.807, 2.05) is 6.92 Å². The molecule has 0 amide bonds. The van der Waals surface area contributed by atoms with Gasteiger partial charge >= 0.3 is 0 Å². The second-order valence-corrected chi connectivity index (χ2v) is 5.03. The monoisotopic (exact) mass is 182 g/mol. The molecule has 0 heterocycles. The summed E-state index contributed by atoms with van der Waals surface area (Å²) in [7, 11) is 0. The van der Waals surface area contributed by atoms with Crippen LogP contribution in [0.2, 0.25) is 0 Å². The Hall–Kier alpha value is -0.300. The third kappa shape index (κ3) is 2.84. The second kappa shape index (κ2) is 3.83. The molecule has 0 spiro atoms. The number of rotatable bonds is 4. The predicted molar refractivity (Wildman–Crippen MR) is 56.6 cm³/mol. The summed E-state index contributed by atoms with van der Waals surface area (Å²) in [6.45, 7) is 8.49. The fraction of sp³-hybridized carbons (Fsp3) is 0.833. The van der Waals surface area contributed by atoms with Gasteiger partial charge in [-0.15, -0.1) is 0 Å². The molecular formula is C12H22O. The molecule has 1 aliphatic rings. The van der Waals surface area contributed by atoms with E-state index >= 15 is 0 Å². The fourth-order valence-corrected chi connectivity index (χ4v) is 2.17. The molecule has 76 valence electrons. The van der Waals surface area contributed by atoms with E-state index < -0.39 is 0 Å². The van der Waals surface area contributed by atoms with E-state index in [1.165, 1.54) is 24.8 Å². The first kappa shape index (κ1) is 10.8. The fourth-order valence-electron chi connectivity index (χ4n) is 2.17. The molecule has 0 unspecified atom stereocenters. The van der Waals surface area contributed by atoms with Crippen LogP contribution in [0, 0.1) is 11.3 Å². The molecule has 0 aliphatic heterocycles. The maximum atomic E-state index is 9.42. The van der Waals surface area contributed by atoms with Crippen LogP contribution < -0.4 is 0 Å². The van der Waals surface area contributed by atoms with Gasteiger partial charge in [-0.2, -0.15) is 0 Å². The van der Waals surface area contributed by atoms with Gasteiger partial charge in [0.2, 0.25) is 0 Å². The highest BCUT2D eigenvalue weighted by molar-refractivity contribution is 5.03. The molecule has 1 heteroatoms. The largest absolute Gasteiger partial charge is 0.393 e. The third-order valence-corrected chi connectivity index (χ3v) is 3.27. The summed E-state index contributed by atoms with van der Waals surface area (Å²) in [6, 6.07) is 0. The Morgan fingerprint density at radius 2 is 2.23 bits per heavy atom. The Morgan fingerprint density at radius 1 is 1.62 bits per heavy atom. The summed E-state index contributed by atoms with van der Waals surface area (Å²) < 4.78 is 0. The van der Waals surface area contributed by atoms with E-state index in [0.717, 1.165) is 0 Å². The van der Waals surface area contributed by atoms with Crippen molar-refractivity contribution in [1.82, 2.24) is 0 Å². The van der Waals surface area contributed by atoms with Crippen molar-refractivity contribution in [3.8, 4) is 0 Å². The van der Waals surface area contributed by atoms with Crippen molar-refractivity contribution in [3.63, 3.8) is 0 Å². The number of hydrogen-bond donors (Lipinski definition) is 1. The molecule has 1 aliphatic carbocycles. The van der Waals surface area contributed by atoms with Crippen molar-refractivity contribution < 1.29 is 5.11 Å². The van der Waals surface area contributed by atoms with Crippen LogP contribution >= 0.6 is 0 Å². The number of allylic oxidation sites excluding steroid dienone is 2. The van der Waals surface area contributed by atoms with Gasteiger partial charge in [-0.25, -0.2) is 0 Å². The van der Waals surface area contributed by atoms with Gasteiger partial charge in [0.15, 0.2) is 0 Å². The number of aliphatic hydroxyl groups excluding tert-OH is 1. The van der Waals surface area contributed by atoms with Gasteiger partial charge in [0, 0.05) is 0 Å². The standard InChI is InChI=1S/C12H22O/c1-9(2)6-5-7-12(4)8-11(12)10(3)13/h6,10-11,13H,5,7-8H2,1-4H3/t10-,11+,12-/m1/s1. The van der Waals surface area contributed by atoms with Gasteiger partial charge in [-0.1, -0.05) is 18.6 Å². The molecule has 1 fully saturated rings. The first-order valence-electron chi connectivity index (χ1n) is 5.27. The highest BCUT2D eigenvalue weighted by atomic mass is 16.3. The van der Waals surface area contributed by atoms with Crippen LogP contribution in [0.5, 0.6) is 0 Å². The zero-order valence-corrected chi connectivity index (χ0v) is 9.30. The molecule has 1 N–H and O–H groups in total. The van der Waals surface area contributed by atoms with Crippen molar-refractivity contribution in [2.45, 2.75) is 53.1 Å². The lowest BCUT2D eigenvalue weighted by Crippen LogP contribution is -2.09. The van der Waals surface area contributed by atoms with Gasteiger partial charge in [0.25, 0.3) is 0 Å². The minimum Gasteiger partial charge on any atom is -0.393 e. The van der Waals surface area contributed by atoms with E-state index in [2.05, 4.69) is 26.8 Å². The van der Waals surface area contributed by atoms with Gasteiger partial charge < -0.3 is 5.11 Å². The number of aliphatic hydroxyl groups is 1. The maximum Gasteiger partial charge on any atom is 0.0545 e. The quantitative estimate of drug-likeness (QED) is 0.662. The van der Waals surface area contributed by atoms with E-state index in [0.29, 0.717) is 11.3 Å². The maximum absolute atomic E-state index is 9.42. The lowest BCUT2D eigenvalue weighted by Gasteiger charge is -2.11. The van der Waals surface area contributed by atoms with E-state index in [1.54, 1.807) is 0 Å². The lowest BCUT2D eigenvalue weighted by molar-refractivity contribution is 0.151. The molecule has 0 aromatic carbocycles. The minimum absolute atomic E-state index is 0.114. The van der Waals surface area contributed by atoms with E-state index in [4.69, 9.17) is 0 Å². The molecule has 0 bridgehead atoms. The summed E-state index contributed by atoms with van der Waals surface area (Å²) in [5.41, 5.74) is 1.83. The van der Waals surface area contributed by atoms with Crippen LogP contribution in [0.3, 0.4) is 0 Å². The van der Waals surface area contributed by atoms with Gasteiger partial charge in [0.1, 0.15) is 0 Å². The van der Waals surface area contributed by atoms with Crippen molar-refractivity contribution in [2.24, 2.45) is 11.3 Å². The van der Waals surface area contributed by atoms with Gasteiger partial charge in [-0.05, 0) is 51.4 Å². The lowest BCUT2D eigenvalue weighted by atomic mass is 9.97. The second-order valence-electron chi connectivity index (χ2n) is 5.03. The Balaban J connectivity index is 2.28. The summed E-state index contributed by atoms with van der Waals surface area (Å²) in [4.78, 5) is 0. The molecule has 1 rings (SSSR count). The Kier molecular flexibility index (Phi) is 3.18. The Morgan fingerprint density at radius 3 is 2.62 bits per heavy atom. The highest BCUT2D eigenvalue weighted by Crippen LogP contribution is 2.57. The van der Waals surface area contributed by atoms with Gasteiger partial charge in [-0.3, -0.25) is 0 Å². The van der Waals surface area contributed by atoms with Crippen LogP contribution in [-0.2, 0) is 0 Å². The van der Waals surface area contributed by atoms with Crippen LogP contribution in [0.25, 0.3) is 0 Å². The molecule has 0 saturated heterocycles. The van der Waals surface area contributed by atoms with Crippen molar-refractivity contribution in [1.29, 1.82) is 0 Å². The zero-order valence-electron chi connectivity index (χ0n) is 9.30. The predicted octanol–water partition coefficient (Wildman–Crippen LogP) is 3.14. The van der Waals surface area contributed by atoms with Crippen molar-refractivity contribution >= 4 is 0 Å².